The van der Waals surface area contributed by atoms with Crippen LogP contribution in [0.5, 0.6) is 11.5 Å². The van der Waals surface area contributed by atoms with Gasteiger partial charge in [-0.05, 0) is 92.4 Å². The third-order valence-electron chi connectivity index (χ3n) is 10.1. The minimum absolute atomic E-state index is 0.0807. The van der Waals surface area contributed by atoms with E-state index in [0.29, 0.717) is 82.0 Å². The number of phenolic OH excluding ortho intramolecular Hbond substituents is 1. The lowest BCUT2D eigenvalue weighted by atomic mass is 9.91. The molecule has 0 radical (unpaired) electrons. The van der Waals surface area contributed by atoms with Crippen LogP contribution < -0.4 is 20.9 Å². The van der Waals surface area contributed by atoms with E-state index in [-0.39, 0.29) is 35.4 Å². The summed E-state index contributed by atoms with van der Waals surface area (Å²) in [7, 11) is 3.57. The Morgan fingerprint density at radius 3 is 2.42 bits per heavy atom. The normalized spacial score (nSPS) is 16.6. The molecule has 15 heteroatoms. The molecule has 1 amide bonds. The molecular weight excluding hydrogens is 764 g/mol. The maximum Gasteiger partial charge on any atom is 0.349 e. The molecule has 1 aliphatic carbocycles. The first-order valence-electron chi connectivity index (χ1n) is 18.1. The van der Waals surface area contributed by atoms with E-state index in [1.165, 1.54) is 41.9 Å². The van der Waals surface area contributed by atoms with Gasteiger partial charge in [0.1, 0.15) is 17.6 Å². The predicted molar refractivity (Wildman–Crippen MR) is 215 cm³/mol. The van der Waals surface area contributed by atoms with Crippen molar-refractivity contribution in [3.63, 3.8) is 0 Å². The second-order valence-electron chi connectivity index (χ2n) is 13.7. The number of carbonyl (C=O) groups excluding carboxylic acids is 2. The van der Waals surface area contributed by atoms with Crippen molar-refractivity contribution in [2.45, 2.75) is 68.9 Å². The minimum Gasteiger partial charge on any atom is -0.506 e. The fraction of sp³-hybridized carbons (Fsp3) is 0.375. The van der Waals surface area contributed by atoms with Gasteiger partial charge in [-0.3, -0.25) is 9.59 Å². The van der Waals surface area contributed by atoms with E-state index in [2.05, 4.69) is 20.5 Å². The third kappa shape index (κ3) is 9.41. The molecule has 0 unspecified atom stereocenters. The summed E-state index contributed by atoms with van der Waals surface area (Å²) in [6.07, 6.45) is 2.77. The van der Waals surface area contributed by atoms with Crippen LogP contribution in [0.1, 0.15) is 65.5 Å². The number of phenols is 1. The number of nitrogens with one attached hydrogen (secondary N) is 3. The first kappa shape index (κ1) is 40.4. The summed E-state index contributed by atoms with van der Waals surface area (Å²) >= 11 is 9.24. The number of aliphatic hydroxyl groups is 2. The van der Waals surface area contributed by atoms with E-state index in [1.807, 2.05) is 29.9 Å². The topological polar surface area (TPSA) is 173 Å². The monoisotopic (exact) mass is 808 g/mol. The number of aromatic nitrogens is 1. The van der Waals surface area contributed by atoms with Gasteiger partial charge >= 0.3 is 5.97 Å². The van der Waals surface area contributed by atoms with Gasteiger partial charge in [-0.15, -0.1) is 22.7 Å². The average molecular weight is 809 g/mol. The Bertz CT molecular complexity index is 2100. The molecule has 3 heterocycles. The van der Waals surface area contributed by atoms with Crippen molar-refractivity contribution in [2.24, 2.45) is 0 Å². The number of ether oxygens (including phenoxy) is 2. The summed E-state index contributed by atoms with van der Waals surface area (Å²) < 4.78 is 11.5. The molecule has 292 valence electrons. The first-order chi connectivity index (χ1) is 26.5. The second-order valence-corrected chi connectivity index (χ2v) is 16.0. The Morgan fingerprint density at radius 1 is 1.05 bits per heavy atom. The number of aromatic amines is 1. The van der Waals surface area contributed by atoms with Gasteiger partial charge in [0.2, 0.25) is 17.1 Å². The summed E-state index contributed by atoms with van der Waals surface area (Å²) in [6, 6.07) is 16.8. The van der Waals surface area contributed by atoms with Crippen LogP contribution in [0.3, 0.4) is 0 Å². The van der Waals surface area contributed by atoms with Crippen molar-refractivity contribution in [3.05, 3.63) is 108 Å². The standard InChI is InChI=1S/C40H45ClN4O8S2/c1-45(25-9-11-26(12-10-25)53-39(50)40(51,34-6-4-18-54-34)35-7-5-19-55-35)17-3-8-36(48)43-30-21-33(52-2)24(20-29(30)41)22-42-23-32(47)27-13-15-31(46)38-28(27)14-16-37(49)44-38/h4-7,13-16,18-21,25-26,32,42,46-47,51H,3,8-12,17,22-23H2,1-2H3,(H,43,48)(H,44,49)/t25?,26?,32-/m0/s1. The fourth-order valence-electron chi connectivity index (χ4n) is 7.04. The maximum atomic E-state index is 13.4. The molecule has 0 aliphatic heterocycles. The number of fused-ring (bicyclic) bond motifs is 1. The highest BCUT2D eigenvalue weighted by Gasteiger charge is 2.45. The van der Waals surface area contributed by atoms with Crippen molar-refractivity contribution in [2.75, 3.05) is 32.6 Å². The van der Waals surface area contributed by atoms with Crippen LogP contribution in [0.25, 0.3) is 10.9 Å². The zero-order valence-electron chi connectivity index (χ0n) is 30.5. The van der Waals surface area contributed by atoms with E-state index in [4.69, 9.17) is 21.1 Å². The van der Waals surface area contributed by atoms with Crippen molar-refractivity contribution < 1.29 is 34.4 Å². The Labute approximate surface area is 331 Å². The molecule has 1 fully saturated rings. The number of hydrogen-bond donors (Lipinski definition) is 6. The molecule has 5 aromatic rings. The second kappa shape index (κ2) is 18.1. The van der Waals surface area contributed by atoms with Crippen LogP contribution in [-0.4, -0.2) is 76.5 Å². The lowest BCUT2D eigenvalue weighted by Gasteiger charge is -2.35. The number of rotatable bonds is 16. The lowest BCUT2D eigenvalue weighted by molar-refractivity contribution is -0.169. The van der Waals surface area contributed by atoms with Crippen molar-refractivity contribution >= 4 is 62.7 Å². The van der Waals surface area contributed by atoms with Crippen molar-refractivity contribution in [1.29, 1.82) is 0 Å². The Balaban J connectivity index is 0.940. The summed E-state index contributed by atoms with van der Waals surface area (Å²) in [4.78, 5) is 44.0. The van der Waals surface area contributed by atoms with Crippen LogP contribution in [0.4, 0.5) is 5.69 Å². The minimum atomic E-state index is -1.81. The lowest BCUT2D eigenvalue weighted by Crippen LogP contribution is -2.42. The number of amides is 1. The number of thiophene rings is 2. The Hall–Kier alpha value is -4.28. The van der Waals surface area contributed by atoms with Crippen LogP contribution >= 0.6 is 34.3 Å². The maximum absolute atomic E-state index is 13.4. The van der Waals surface area contributed by atoms with Crippen LogP contribution in [-0.2, 0) is 26.5 Å². The van der Waals surface area contributed by atoms with Gasteiger partial charge in [0.05, 0.1) is 39.2 Å². The number of halogens is 1. The number of nitrogens with zero attached hydrogens (tertiary/aromatic N) is 1. The molecule has 1 atom stereocenters. The largest absolute Gasteiger partial charge is 0.506 e. The van der Waals surface area contributed by atoms with Gasteiger partial charge in [0, 0.05) is 48.6 Å². The Morgan fingerprint density at radius 2 is 1.76 bits per heavy atom. The smallest absolute Gasteiger partial charge is 0.349 e. The molecule has 12 nitrogen and oxygen atoms in total. The highest BCUT2D eigenvalue weighted by Crippen LogP contribution is 2.38. The van der Waals surface area contributed by atoms with E-state index < -0.39 is 17.7 Å². The molecule has 1 aliphatic rings. The summed E-state index contributed by atoms with van der Waals surface area (Å²) in [5.74, 6) is -0.379. The fourth-order valence-corrected chi connectivity index (χ4v) is 8.99. The summed E-state index contributed by atoms with van der Waals surface area (Å²) in [5.41, 5.74) is -0.197. The molecule has 6 rings (SSSR count). The van der Waals surface area contributed by atoms with Crippen molar-refractivity contribution in [1.82, 2.24) is 15.2 Å². The summed E-state index contributed by atoms with van der Waals surface area (Å²) in [6.45, 7) is 1.19. The van der Waals surface area contributed by atoms with E-state index in [1.54, 1.807) is 36.4 Å². The number of methoxy groups -OCH3 is 1. The van der Waals surface area contributed by atoms with E-state index >= 15 is 0 Å². The third-order valence-corrected chi connectivity index (χ3v) is 12.3. The molecule has 3 aromatic heterocycles. The van der Waals surface area contributed by atoms with Gasteiger partial charge in [-0.2, -0.15) is 0 Å². The number of aliphatic hydroxyl groups excluding tert-OH is 1. The highest BCUT2D eigenvalue weighted by molar-refractivity contribution is 7.12. The van der Waals surface area contributed by atoms with Gasteiger partial charge in [0.25, 0.3) is 0 Å². The molecule has 1 saturated carbocycles. The van der Waals surface area contributed by atoms with E-state index in [0.717, 1.165) is 18.4 Å². The zero-order valence-corrected chi connectivity index (χ0v) is 32.9. The molecule has 0 bridgehead atoms. The molecular formula is C40H45ClN4O8S2. The number of hydrogen-bond acceptors (Lipinski definition) is 12. The quantitative estimate of drug-likeness (QED) is 0.0623. The van der Waals surface area contributed by atoms with Crippen LogP contribution in [0.15, 0.2) is 76.2 Å². The van der Waals surface area contributed by atoms with Crippen LogP contribution in [0, 0.1) is 0 Å². The van der Waals surface area contributed by atoms with Gasteiger partial charge in [-0.1, -0.05) is 29.8 Å². The number of aromatic hydroxyl groups is 1. The first-order valence-corrected chi connectivity index (χ1v) is 20.2. The molecule has 55 heavy (non-hydrogen) atoms. The average Bonchev–Trinajstić information content (AvgIpc) is 3.93. The summed E-state index contributed by atoms with van der Waals surface area (Å²) in [5, 5.41) is 43.3. The predicted octanol–water partition coefficient (Wildman–Crippen LogP) is 6.28. The number of anilines is 1. The van der Waals surface area contributed by atoms with E-state index in [9.17, 15) is 29.7 Å². The van der Waals surface area contributed by atoms with Gasteiger partial charge in [0.15, 0.2) is 0 Å². The number of esters is 1. The molecule has 0 saturated heterocycles. The number of carbonyl (C=O) groups is 2. The molecule has 2 aromatic carbocycles. The highest BCUT2D eigenvalue weighted by atomic mass is 35.5. The number of pyridine rings is 1. The Kier molecular flexibility index (Phi) is 13.3. The SMILES string of the molecule is COc1cc(NC(=O)CCCN(C)C2CCC(OC(=O)C(O)(c3cccs3)c3cccs3)CC2)c(Cl)cc1CNC[C@H](O)c1ccc(O)c2[nH]c(=O)ccc12. The zero-order chi connectivity index (χ0) is 39.1. The number of H-pyrrole nitrogens is 1. The van der Waals surface area contributed by atoms with Gasteiger partial charge < -0.3 is 45.3 Å². The van der Waals surface area contributed by atoms with Crippen molar-refractivity contribution in [3.8, 4) is 11.5 Å². The molecule has 0 spiro atoms. The van der Waals surface area contributed by atoms with Crippen LogP contribution in [0.2, 0.25) is 5.02 Å². The van der Waals surface area contributed by atoms with Gasteiger partial charge in [-0.25, -0.2) is 4.79 Å². The molecule has 6 N–H and O–H groups in total. The number of benzene rings is 2.